The molecule has 1 aliphatic rings. The van der Waals surface area contributed by atoms with Crippen molar-refractivity contribution < 1.29 is 22.1 Å². The summed E-state index contributed by atoms with van der Waals surface area (Å²) in [5.74, 6) is -0.541. The molecule has 1 aliphatic heterocycles. The van der Waals surface area contributed by atoms with Gasteiger partial charge in [0.15, 0.2) is 5.82 Å². The number of benzene rings is 1. The topological polar surface area (TPSA) is 105 Å². The summed E-state index contributed by atoms with van der Waals surface area (Å²) >= 11 is 0. The molecule has 0 unspecified atom stereocenters. The Labute approximate surface area is 144 Å². The Hall–Kier alpha value is -2.33. The van der Waals surface area contributed by atoms with Gasteiger partial charge in [-0.15, -0.1) is 0 Å². The van der Waals surface area contributed by atoms with Gasteiger partial charge in [-0.3, -0.25) is 4.79 Å². The van der Waals surface area contributed by atoms with E-state index < -0.39 is 20.7 Å². The molecule has 8 nitrogen and oxygen atoms in total. The van der Waals surface area contributed by atoms with E-state index in [2.05, 4.69) is 15.5 Å². The largest absolute Gasteiger partial charge is 0.338 e. The summed E-state index contributed by atoms with van der Waals surface area (Å²) in [6.45, 7) is 1.68. The maximum atomic E-state index is 14.3. The number of halogens is 1. The van der Waals surface area contributed by atoms with Crippen molar-refractivity contribution in [2.75, 3.05) is 12.4 Å². The van der Waals surface area contributed by atoms with E-state index in [9.17, 15) is 17.6 Å². The van der Waals surface area contributed by atoms with Crippen molar-refractivity contribution in [1.29, 1.82) is 0 Å². The fourth-order valence-electron chi connectivity index (χ4n) is 2.52. The summed E-state index contributed by atoms with van der Waals surface area (Å²) in [5.41, 5.74) is 0.888. The Bertz CT molecular complexity index is 926. The third-order valence-corrected chi connectivity index (χ3v) is 5.74. The van der Waals surface area contributed by atoms with Crippen molar-refractivity contribution in [2.24, 2.45) is 0 Å². The van der Waals surface area contributed by atoms with Gasteiger partial charge < -0.3 is 9.84 Å². The number of aryl methyl sites for hydroxylation is 2. The molecule has 1 amide bonds. The number of nitrogens with one attached hydrogen (secondary N) is 1. The number of carbonyl (C=O) groups is 1. The molecule has 0 atom stereocenters. The van der Waals surface area contributed by atoms with E-state index >= 15 is 0 Å². The number of amides is 1. The van der Waals surface area contributed by atoms with Crippen LogP contribution in [0.25, 0.3) is 0 Å². The molecule has 0 spiro atoms. The van der Waals surface area contributed by atoms with Crippen LogP contribution in [0.5, 0.6) is 0 Å². The molecule has 0 aliphatic carbocycles. The van der Waals surface area contributed by atoms with E-state index in [0.29, 0.717) is 29.9 Å². The quantitative estimate of drug-likeness (QED) is 0.857. The van der Waals surface area contributed by atoms with E-state index in [4.69, 9.17) is 4.52 Å². The summed E-state index contributed by atoms with van der Waals surface area (Å²) in [7, 11) is -2.78. The van der Waals surface area contributed by atoms with Gasteiger partial charge in [0.25, 0.3) is 0 Å². The molecule has 2 heterocycles. The summed E-state index contributed by atoms with van der Waals surface area (Å²) in [6, 6.07) is 2.30. The molecule has 1 aromatic carbocycles. The number of aromatic nitrogens is 2. The fourth-order valence-corrected chi connectivity index (χ4v) is 3.73. The van der Waals surface area contributed by atoms with Gasteiger partial charge in [-0.1, -0.05) is 12.1 Å². The zero-order valence-corrected chi connectivity index (χ0v) is 14.6. The van der Waals surface area contributed by atoms with Gasteiger partial charge in [0.2, 0.25) is 21.8 Å². The highest BCUT2D eigenvalue weighted by molar-refractivity contribution is 7.89. The summed E-state index contributed by atoms with van der Waals surface area (Å²) in [5, 5.41) is 6.24. The van der Waals surface area contributed by atoms with Crippen molar-refractivity contribution in [2.45, 2.75) is 37.6 Å². The molecule has 3 rings (SSSR count). The number of nitrogens with zero attached hydrogens (tertiary/aromatic N) is 3. The molecule has 0 fully saturated rings. The number of anilines is 1. The van der Waals surface area contributed by atoms with Crippen LogP contribution in [0.3, 0.4) is 0 Å². The predicted molar refractivity (Wildman–Crippen MR) is 85.7 cm³/mol. The Morgan fingerprint density at radius 3 is 2.80 bits per heavy atom. The maximum Gasteiger partial charge on any atom is 0.246 e. The first-order chi connectivity index (χ1) is 11.8. The first kappa shape index (κ1) is 17.5. The molecule has 0 saturated heterocycles. The monoisotopic (exact) mass is 368 g/mol. The van der Waals surface area contributed by atoms with Crippen LogP contribution < -0.4 is 5.32 Å². The molecule has 1 N–H and O–H groups in total. The zero-order valence-electron chi connectivity index (χ0n) is 13.7. The van der Waals surface area contributed by atoms with Crippen molar-refractivity contribution in [3.8, 4) is 0 Å². The summed E-state index contributed by atoms with van der Waals surface area (Å²) in [6.07, 6.45) is 1.15. The van der Waals surface area contributed by atoms with Crippen LogP contribution in [0.2, 0.25) is 0 Å². The van der Waals surface area contributed by atoms with Crippen LogP contribution >= 0.6 is 0 Å². The summed E-state index contributed by atoms with van der Waals surface area (Å²) < 4.78 is 45.7. The van der Waals surface area contributed by atoms with Crippen LogP contribution in [0.15, 0.2) is 21.6 Å². The minimum Gasteiger partial charge on any atom is -0.338 e. The highest BCUT2D eigenvalue weighted by Gasteiger charge is 2.29. The molecular weight excluding hydrogens is 351 g/mol. The lowest BCUT2D eigenvalue weighted by Gasteiger charge is -2.20. The normalized spacial score (nSPS) is 14.5. The zero-order chi connectivity index (χ0) is 18.2. The molecule has 25 heavy (non-hydrogen) atoms. The molecule has 0 saturated carbocycles. The van der Waals surface area contributed by atoms with Crippen LogP contribution in [0.1, 0.15) is 30.6 Å². The highest BCUT2D eigenvalue weighted by atomic mass is 32.2. The predicted octanol–water partition coefficient (Wildman–Crippen LogP) is 1.48. The van der Waals surface area contributed by atoms with Crippen molar-refractivity contribution in [1.82, 2.24) is 14.4 Å². The molecule has 0 radical (unpaired) electrons. The SMILES string of the molecule is CCc1noc(CN(C)S(=O)(=O)c2cc3c(cc2F)NC(=O)CC3)n1. The van der Waals surface area contributed by atoms with Gasteiger partial charge in [0.05, 0.1) is 6.54 Å². The van der Waals surface area contributed by atoms with Gasteiger partial charge >= 0.3 is 0 Å². The van der Waals surface area contributed by atoms with Crippen molar-refractivity contribution in [3.63, 3.8) is 0 Å². The number of sulfonamides is 1. The molecule has 10 heteroatoms. The molecular formula is C15H17FN4O4S. The molecule has 1 aromatic heterocycles. The minimum absolute atomic E-state index is 0.133. The van der Waals surface area contributed by atoms with Crippen LogP contribution in [-0.4, -0.2) is 35.8 Å². The Balaban J connectivity index is 1.89. The van der Waals surface area contributed by atoms with Gasteiger partial charge in [-0.2, -0.15) is 9.29 Å². The smallest absolute Gasteiger partial charge is 0.246 e. The van der Waals surface area contributed by atoms with E-state index in [0.717, 1.165) is 10.4 Å². The first-order valence-electron chi connectivity index (χ1n) is 7.71. The molecule has 0 bridgehead atoms. The van der Waals surface area contributed by atoms with Crippen LogP contribution in [-0.2, 0) is 34.2 Å². The second-order valence-corrected chi connectivity index (χ2v) is 7.72. The molecule has 134 valence electrons. The number of hydrogen-bond acceptors (Lipinski definition) is 6. The Kier molecular flexibility index (Phi) is 4.56. The molecule has 2 aromatic rings. The number of carbonyl (C=O) groups excluding carboxylic acids is 1. The lowest BCUT2D eigenvalue weighted by Crippen LogP contribution is -2.28. The number of hydrogen-bond donors (Lipinski definition) is 1. The first-order valence-corrected chi connectivity index (χ1v) is 9.15. The average molecular weight is 368 g/mol. The third-order valence-electron chi connectivity index (χ3n) is 3.93. The Morgan fingerprint density at radius 1 is 1.36 bits per heavy atom. The van der Waals surface area contributed by atoms with Crippen molar-refractivity contribution in [3.05, 3.63) is 35.2 Å². The van der Waals surface area contributed by atoms with Crippen LogP contribution in [0, 0.1) is 5.82 Å². The standard InChI is InChI=1S/C15H17FN4O4S/c1-3-13-18-15(24-19-13)8-20(2)25(22,23)12-6-9-4-5-14(21)17-11(9)7-10(12)16/h6-7H,3-5,8H2,1-2H3,(H,17,21). The van der Waals surface area contributed by atoms with Gasteiger partial charge in [0, 0.05) is 25.6 Å². The maximum absolute atomic E-state index is 14.3. The Morgan fingerprint density at radius 2 is 2.12 bits per heavy atom. The third kappa shape index (κ3) is 3.40. The van der Waals surface area contributed by atoms with Gasteiger partial charge in [-0.05, 0) is 24.1 Å². The van der Waals surface area contributed by atoms with Gasteiger partial charge in [0.1, 0.15) is 10.7 Å². The lowest BCUT2D eigenvalue weighted by atomic mass is 10.0. The highest BCUT2D eigenvalue weighted by Crippen LogP contribution is 2.29. The summed E-state index contributed by atoms with van der Waals surface area (Å²) in [4.78, 5) is 15.0. The van der Waals surface area contributed by atoms with Crippen LogP contribution in [0.4, 0.5) is 10.1 Å². The lowest BCUT2D eigenvalue weighted by molar-refractivity contribution is -0.116. The van der Waals surface area contributed by atoms with Crippen molar-refractivity contribution >= 4 is 21.6 Å². The second-order valence-electron chi connectivity index (χ2n) is 5.71. The van der Waals surface area contributed by atoms with E-state index in [1.165, 1.54) is 13.1 Å². The van der Waals surface area contributed by atoms with E-state index in [-0.39, 0.29) is 24.8 Å². The second kappa shape index (κ2) is 6.52. The average Bonchev–Trinajstić information content (AvgIpc) is 3.01. The number of fused-ring (bicyclic) bond motifs is 1. The van der Waals surface area contributed by atoms with E-state index in [1.807, 2.05) is 6.92 Å². The van der Waals surface area contributed by atoms with Gasteiger partial charge in [-0.25, -0.2) is 12.8 Å². The number of rotatable bonds is 5. The minimum atomic E-state index is -4.09. The van der Waals surface area contributed by atoms with E-state index in [1.54, 1.807) is 0 Å². The fraction of sp³-hybridized carbons (Fsp3) is 0.400.